The zero-order valence-electron chi connectivity index (χ0n) is 18.5. The number of nitrogens with one attached hydrogen (secondary N) is 1. The lowest BCUT2D eigenvalue weighted by Crippen LogP contribution is -2.48. The van der Waals surface area contributed by atoms with E-state index < -0.39 is 19.8 Å². The molecule has 1 aromatic heterocycles. The average Bonchev–Trinajstić information content (AvgIpc) is 3.46. The van der Waals surface area contributed by atoms with Crippen molar-refractivity contribution in [3.63, 3.8) is 0 Å². The molecule has 10 heteroatoms. The lowest BCUT2D eigenvalue weighted by atomic mass is 10.2. The fraction of sp³-hybridized carbons (Fsp3) is 0.478. The first-order valence-electron chi connectivity index (χ1n) is 11.0. The minimum Gasteiger partial charge on any atom is -0.396 e. The highest BCUT2D eigenvalue weighted by Crippen LogP contribution is 2.47. The van der Waals surface area contributed by atoms with E-state index >= 15 is 0 Å². The van der Waals surface area contributed by atoms with Crippen molar-refractivity contribution in [1.82, 2.24) is 14.8 Å². The number of aromatic nitrogens is 1. The maximum absolute atomic E-state index is 13.1. The van der Waals surface area contributed by atoms with Gasteiger partial charge < -0.3 is 19.9 Å². The van der Waals surface area contributed by atoms with E-state index in [0.29, 0.717) is 48.9 Å². The van der Waals surface area contributed by atoms with Crippen LogP contribution >= 0.6 is 11.6 Å². The molecule has 2 aliphatic rings. The molecule has 2 aromatic rings. The van der Waals surface area contributed by atoms with Crippen molar-refractivity contribution in [2.45, 2.75) is 49.3 Å². The number of aliphatic hydroxyl groups is 1. The number of aliphatic hydroxyl groups excluding tert-OH is 1. The van der Waals surface area contributed by atoms with Gasteiger partial charge in [-0.3, -0.25) is 9.59 Å². The number of amides is 2. The summed E-state index contributed by atoms with van der Waals surface area (Å²) in [5.41, 5.74) is 1.69. The molecule has 2 N–H and O–H groups in total. The second-order valence-corrected chi connectivity index (χ2v) is 12.0. The maximum atomic E-state index is 13.1. The maximum Gasteiger partial charge on any atom is 0.270 e. The van der Waals surface area contributed by atoms with Crippen LogP contribution in [0.2, 0.25) is 5.02 Å². The van der Waals surface area contributed by atoms with Gasteiger partial charge in [0.05, 0.1) is 10.00 Å². The largest absolute Gasteiger partial charge is 0.396 e. The summed E-state index contributed by atoms with van der Waals surface area (Å²) in [4.78, 5) is 27.4. The first kappa shape index (κ1) is 23.8. The van der Waals surface area contributed by atoms with Crippen molar-refractivity contribution < 1.29 is 23.1 Å². The van der Waals surface area contributed by atoms with Crippen LogP contribution in [-0.2, 0) is 22.9 Å². The predicted molar refractivity (Wildman–Crippen MR) is 125 cm³/mol. The Labute approximate surface area is 198 Å². The molecule has 0 radical (unpaired) electrons. The molecule has 1 unspecified atom stereocenters. The van der Waals surface area contributed by atoms with Gasteiger partial charge in [0.15, 0.2) is 9.84 Å². The van der Waals surface area contributed by atoms with Crippen LogP contribution in [0.1, 0.15) is 52.7 Å². The summed E-state index contributed by atoms with van der Waals surface area (Å²) in [6.45, 7) is 2.67. The highest BCUT2D eigenvalue weighted by Gasteiger charge is 2.57. The Kier molecular flexibility index (Phi) is 6.57. The van der Waals surface area contributed by atoms with E-state index in [-0.39, 0.29) is 31.4 Å². The van der Waals surface area contributed by atoms with Gasteiger partial charge in [0.1, 0.15) is 11.4 Å². The van der Waals surface area contributed by atoms with Crippen LogP contribution < -0.4 is 5.32 Å². The SMILES string of the molecule is CC(CCO)S(=O)(=O)C1(CN2CCn3c(C(=O)NCc4ccc(Cl)cc4)ccc3C2=O)CC1. The number of halogens is 1. The van der Waals surface area contributed by atoms with Gasteiger partial charge >= 0.3 is 0 Å². The Bertz CT molecular complexity index is 1160. The van der Waals surface area contributed by atoms with Crippen LogP contribution in [0.4, 0.5) is 0 Å². The molecule has 1 aromatic carbocycles. The van der Waals surface area contributed by atoms with Crippen LogP contribution in [0.15, 0.2) is 36.4 Å². The average molecular weight is 494 g/mol. The third-order valence-electron chi connectivity index (χ3n) is 6.64. The van der Waals surface area contributed by atoms with Crippen molar-refractivity contribution in [1.29, 1.82) is 0 Å². The number of nitrogens with zero attached hydrogens (tertiary/aromatic N) is 2. The van der Waals surface area contributed by atoms with E-state index in [1.54, 1.807) is 40.7 Å². The fourth-order valence-corrected chi connectivity index (χ4v) is 6.79. The predicted octanol–water partition coefficient (Wildman–Crippen LogP) is 2.25. The van der Waals surface area contributed by atoms with Gasteiger partial charge in [0.2, 0.25) is 0 Å². The second kappa shape index (κ2) is 9.12. The quantitative estimate of drug-likeness (QED) is 0.557. The molecule has 1 aliphatic heterocycles. The van der Waals surface area contributed by atoms with Gasteiger partial charge in [-0.1, -0.05) is 23.7 Å². The molecule has 0 bridgehead atoms. The molecule has 1 saturated carbocycles. The molecule has 1 atom stereocenters. The van der Waals surface area contributed by atoms with Crippen LogP contribution in [0.3, 0.4) is 0 Å². The Morgan fingerprint density at radius 2 is 1.88 bits per heavy atom. The smallest absolute Gasteiger partial charge is 0.270 e. The van der Waals surface area contributed by atoms with Crippen molar-refractivity contribution in [3.05, 3.63) is 58.4 Å². The Morgan fingerprint density at radius 1 is 1.18 bits per heavy atom. The molecule has 178 valence electrons. The molecule has 1 fully saturated rings. The molecule has 8 nitrogen and oxygen atoms in total. The summed E-state index contributed by atoms with van der Waals surface area (Å²) < 4.78 is 26.8. The van der Waals surface area contributed by atoms with Gasteiger partial charge in [-0.05, 0) is 56.0 Å². The summed E-state index contributed by atoms with van der Waals surface area (Å²) in [7, 11) is -3.47. The molecular formula is C23H28ClN3O5S. The molecule has 0 spiro atoms. The van der Waals surface area contributed by atoms with E-state index in [1.807, 2.05) is 12.1 Å². The summed E-state index contributed by atoms with van der Waals surface area (Å²) in [6.07, 6.45) is 1.23. The van der Waals surface area contributed by atoms with Crippen molar-refractivity contribution in [3.8, 4) is 0 Å². The number of hydrogen-bond donors (Lipinski definition) is 2. The van der Waals surface area contributed by atoms with E-state index in [4.69, 9.17) is 16.7 Å². The van der Waals surface area contributed by atoms with E-state index in [9.17, 15) is 18.0 Å². The van der Waals surface area contributed by atoms with Crippen LogP contribution in [0, 0.1) is 0 Å². The number of fused-ring (bicyclic) bond motifs is 1. The topological polar surface area (TPSA) is 109 Å². The Morgan fingerprint density at radius 3 is 2.52 bits per heavy atom. The van der Waals surface area contributed by atoms with Gasteiger partial charge in [-0.15, -0.1) is 0 Å². The monoisotopic (exact) mass is 493 g/mol. The van der Waals surface area contributed by atoms with Crippen LogP contribution in [0.5, 0.6) is 0 Å². The molecular weight excluding hydrogens is 466 g/mol. The molecule has 2 amide bonds. The first-order chi connectivity index (χ1) is 15.7. The van der Waals surface area contributed by atoms with Crippen LogP contribution in [0.25, 0.3) is 0 Å². The van der Waals surface area contributed by atoms with E-state index in [1.165, 1.54) is 0 Å². The summed E-state index contributed by atoms with van der Waals surface area (Å²) in [6, 6.07) is 10.4. The molecule has 33 heavy (non-hydrogen) atoms. The first-order valence-corrected chi connectivity index (χ1v) is 13.0. The molecule has 0 saturated heterocycles. The van der Waals surface area contributed by atoms with Crippen LogP contribution in [-0.4, -0.2) is 64.5 Å². The zero-order valence-corrected chi connectivity index (χ0v) is 20.0. The van der Waals surface area contributed by atoms with E-state index in [0.717, 1.165) is 5.56 Å². The second-order valence-electron chi connectivity index (χ2n) is 8.84. The van der Waals surface area contributed by atoms with Crippen molar-refractivity contribution >= 4 is 33.3 Å². The minimum atomic E-state index is -3.47. The van der Waals surface area contributed by atoms with Gasteiger partial charge in [-0.25, -0.2) is 8.42 Å². The number of benzene rings is 1. The van der Waals surface area contributed by atoms with Crippen molar-refractivity contribution in [2.75, 3.05) is 19.7 Å². The molecule has 4 rings (SSSR count). The standard InChI is InChI=1S/C23H28ClN3O5S/c1-16(8-13-28)33(31,32)23(9-10-23)15-26-11-12-27-19(6-7-20(27)22(26)30)21(29)25-14-17-2-4-18(24)5-3-17/h2-7,16,28H,8-15H2,1H3,(H,25,29). The number of hydrogen-bond acceptors (Lipinski definition) is 5. The minimum absolute atomic E-state index is 0.146. The van der Waals surface area contributed by atoms with Crippen molar-refractivity contribution in [2.24, 2.45) is 0 Å². The van der Waals surface area contributed by atoms with Gasteiger partial charge in [0, 0.05) is 37.8 Å². The third kappa shape index (κ3) is 4.54. The number of carbonyl (C=O) groups excluding carboxylic acids is 2. The Hall–Kier alpha value is -2.36. The summed E-state index contributed by atoms with van der Waals surface area (Å²) in [5.74, 6) is -0.550. The van der Waals surface area contributed by atoms with E-state index in [2.05, 4.69) is 5.32 Å². The lowest BCUT2D eigenvalue weighted by molar-refractivity contribution is 0.0698. The molecule has 2 heterocycles. The zero-order chi connectivity index (χ0) is 23.8. The summed E-state index contributed by atoms with van der Waals surface area (Å²) in [5, 5.41) is 12.0. The normalized spacial score (nSPS) is 18.0. The highest BCUT2D eigenvalue weighted by molar-refractivity contribution is 7.93. The third-order valence-corrected chi connectivity index (χ3v) is 9.93. The van der Waals surface area contributed by atoms with Gasteiger partial charge in [0.25, 0.3) is 11.8 Å². The molecule has 1 aliphatic carbocycles. The Balaban J connectivity index is 1.44. The summed E-state index contributed by atoms with van der Waals surface area (Å²) >= 11 is 5.89. The number of sulfone groups is 1. The lowest BCUT2D eigenvalue weighted by Gasteiger charge is -2.33. The number of carbonyl (C=O) groups is 2. The van der Waals surface area contributed by atoms with Gasteiger partial charge in [-0.2, -0.15) is 0 Å². The highest BCUT2D eigenvalue weighted by atomic mass is 35.5. The fourth-order valence-electron chi connectivity index (χ4n) is 4.39. The number of rotatable bonds is 9.